The second-order valence-corrected chi connectivity index (χ2v) is 6.59. The molecule has 6 heteroatoms. The minimum Gasteiger partial charge on any atom is -0.264 e. The fraction of sp³-hybridized carbons (Fsp3) is 0.176. The largest absolute Gasteiger partial charge is 0.264 e. The first-order valence-corrected chi connectivity index (χ1v) is 8.20. The maximum absolute atomic E-state index is 4.68. The van der Waals surface area contributed by atoms with Gasteiger partial charge in [-0.1, -0.05) is 29.5 Å². The summed E-state index contributed by atoms with van der Waals surface area (Å²) in [5, 5.41) is 14.2. The molecular formula is C17H15N5S. The van der Waals surface area contributed by atoms with Crippen LogP contribution in [0.1, 0.15) is 21.7 Å². The molecule has 0 saturated carbocycles. The highest BCUT2D eigenvalue weighted by Crippen LogP contribution is 2.23. The monoisotopic (exact) mass is 321 g/mol. The van der Waals surface area contributed by atoms with Crippen LogP contribution in [0.25, 0.3) is 16.3 Å². The number of pyridine rings is 1. The van der Waals surface area contributed by atoms with Gasteiger partial charge >= 0.3 is 0 Å². The van der Waals surface area contributed by atoms with Gasteiger partial charge in [0.1, 0.15) is 5.01 Å². The molecule has 23 heavy (non-hydrogen) atoms. The van der Waals surface area contributed by atoms with E-state index >= 15 is 0 Å². The number of hydrogen-bond donors (Lipinski definition) is 0. The number of aryl methyl sites for hydroxylation is 2. The van der Waals surface area contributed by atoms with Crippen molar-refractivity contribution in [3.63, 3.8) is 0 Å². The Labute approximate surface area is 137 Å². The third-order valence-corrected chi connectivity index (χ3v) is 4.78. The second kappa shape index (κ2) is 5.55. The zero-order valence-corrected chi connectivity index (χ0v) is 13.7. The molecule has 0 aliphatic carbocycles. The predicted octanol–water partition coefficient (Wildman–Crippen LogP) is 3.46. The SMILES string of the molecule is Cc1ccc(Cc2nn3c(-c4cccnc4)nnc3s2)cc1C. The first-order valence-electron chi connectivity index (χ1n) is 7.38. The van der Waals surface area contributed by atoms with Crippen LogP contribution in [0.15, 0.2) is 42.7 Å². The molecular weight excluding hydrogens is 306 g/mol. The Balaban J connectivity index is 1.70. The summed E-state index contributed by atoms with van der Waals surface area (Å²) in [7, 11) is 0. The predicted molar refractivity (Wildman–Crippen MR) is 90.6 cm³/mol. The molecule has 0 radical (unpaired) electrons. The first-order chi connectivity index (χ1) is 11.2. The van der Waals surface area contributed by atoms with Gasteiger partial charge in [0, 0.05) is 24.4 Å². The number of nitrogens with zero attached hydrogens (tertiary/aromatic N) is 5. The molecule has 3 heterocycles. The molecule has 4 rings (SSSR count). The summed E-state index contributed by atoms with van der Waals surface area (Å²) in [4.78, 5) is 4.94. The number of rotatable bonds is 3. The van der Waals surface area contributed by atoms with Crippen molar-refractivity contribution in [3.8, 4) is 11.4 Å². The molecule has 0 bridgehead atoms. The zero-order valence-electron chi connectivity index (χ0n) is 12.9. The summed E-state index contributed by atoms with van der Waals surface area (Å²) in [5.41, 5.74) is 4.80. The van der Waals surface area contributed by atoms with Crippen molar-refractivity contribution < 1.29 is 0 Å². The van der Waals surface area contributed by atoms with E-state index in [1.165, 1.54) is 16.7 Å². The molecule has 0 N–H and O–H groups in total. The Morgan fingerprint density at radius 2 is 2.00 bits per heavy atom. The summed E-state index contributed by atoms with van der Waals surface area (Å²) in [6.45, 7) is 4.26. The normalized spacial score (nSPS) is 11.2. The van der Waals surface area contributed by atoms with E-state index in [0.717, 1.165) is 27.8 Å². The van der Waals surface area contributed by atoms with Gasteiger partial charge in [0.25, 0.3) is 0 Å². The van der Waals surface area contributed by atoms with Crippen LogP contribution >= 0.6 is 11.3 Å². The molecule has 0 spiro atoms. The molecule has 0 fully saturated rings. The van der Waals surface area contributed by atoms with E-state index in [1.807, 2.05) is 12.1 Å². The Hall–Kier alpha value is -2.60. The summed E-state index contributed by atoms with van der Waals surface area (Å²) < 4.78 is 1.80. The van der Waals surface area contributed by atoms with Gasteiger partial charge < -0.3 is 0 Å². The number of fused-ring (bicyclic) bond motifs is 1. The Bertz CT molecular complexity index is 971. The molecule has 0 saturated heterocycles. The van der Waals surface area contributed by atoms with E-state index in [2.05, 4.69) is 52.3 Å². The average molecular weight is 321 g/mol. The number of aromatic nitrogens is 5. The van der Waals surface area contributed by atoms with Crippen LogP contribution in [-0.4, -0.2) is 24.8 Å². The van der Waals surface area contributed by atoms with Crippen LogP contribution in [0.2, 0.25) is 0 Å². The van der Waals surface area contributed by atoms with Gasteiger partial charge in [-0.15, -0.1) is 10.2 Å². The van der Waals surface area contributed by atoms with E-state index in [-0.39, 0.29) is 0 Å². The van der Waals surface area contributed by atoms with Crippen molar-refractivity contribution in [2.24, 2.45) is 0 Å². The second-order valence-electron chi connectivity index (χ2n) is 5.55. The maximum Gasteiger partial charge on any atom is 0.234 e. The van der Waals surface area contributed by atoms with Crippen molar-refractivity contribution in [2.45, 2.75) is 20.3 Å². The van der Waals surface area contributed by atoms with Crippen LogP contribution < -0.4 is 0 Å². The van der Waals surface area contributed by atoms with Crippen LogP contribution in [0.4, 0.5) is 0 Å². The topological polar surface area (TPSA) is 56.0 Å². The van der Waals surface area contributed by atoms with E-state index < -0.39 is 0 Å². The van der Waals surface area contributed by atoms with Crippen LogP contribution in [0, 0.1) is 13.8 Å². The first kappa shape index (κ1) is 14.0. The van der Waals surface area contributed by atoms with Gasteiger partial charge in [-0.2, -0.15) is 9.61 Å². The molecule has 0 unspecified atom stereocenters. The molecule has 3 aromatic heterocycles. The third-order valence-electron chi connectivity index (χ3n) is 3.88. The van der Waals surface area contributed by atoms with Gasteiger partial charge in [-0.05, 0) is 42.7 Å². The quantitative estimate of drug-likeness (QED) is 0.580. The fourth-order valence-corrected chi connectivity index (χ4v) is 3.36. The Morgan fingerprint density at radius 3 is 2.78 bits per heavy atom. The Morgan fingerprint density at radius 1 is 1.09 bits per heavy atom. The van der Waals surface area contributed by atoms with Crippen molar-refractivity contribution in [1.29, 1.82) is 0 Å². The average Bonchev–Trinajstić information content (AvgIpc) is 3.12. The smallest absolute Gasteiger partial charge is 0.234 e. The van der Waals surface area contributed by atoms with Crippen molar-refractivity contribution in [1.82, 2.24) is 24.8 Å². The van der Waals surface area contributed by atoms with E-state index in [9.17, 15) is 0 Å². The standard InChI is InChI=1S/C17H15N5S/c1-11-5-6-13(8-12(11)2)9-15-21-22-16(19-20-17(22)23-15)14-4-3-7-18-10-14/h3-8,10H,9H2,1-2H3. The lowest BCUT2D eigenvalue weighted by Crippen LogP contribution is -1.94. The summed E-state index contributed by atoms with van der Waals surface area (Å²) in [5.74, 6) is 0.732. The van der Waals surface area contributed by atoms with Crippen molar-refractivity contribution >= 4 is 16.3 Å². The molecule has 1 aromatic carbocycles. The maximum atomic E-state index is 4.68. The van der Waals surface area contributed by atoms with Crippen LogP contribution in [0.5, 0.6) is 0 Å². The minimum absolute atomic E-state index is 0.732. The zero-order chi connectivity index (χ0) is 15.8. The third kappa shape index (κ3) is 2.61. The van der Waals surface area contributed by atoms with E-state index in [1.54, 1.807) is 28.2 Å². The van der Waals surface area contributed by atoms with Crippen molar-refractivity contribution in [2.75, 3.05) is 0 Å². The highest BCUT2D eigenvalue weighted by atomic mass is 32.1. The van der Waals surface area contributed by atoms with Gasteiger partial charge in [0.2, 0.25) is 4.96 Å². The van der Waals surface area contributed by atoms with Gasteiger partial charge in [0.15, 0.2) is 5.82 Å². The molecule has 114 valence electrons. The van der Waals surface area contributed by atoms with Crippen LogP contribution in [0.3, 0.4) is 0 Å². The van der Waals surface area contributed by atoms with E-state index in [4.69, 9.17) is 0 Å². The lowest BCUT2D eigenvalue weighted by molar-refractivity contribution is 0.916. The molecule has 0 atom stereocenters. The van der Waals surface area contributed by atoms with Crippen LogP contribution in [-0.2, 0) is 6.42 Å². The highest BCUT2D eigenvalue weighted by molar-refractivity contribution is 7.16. The molecule has 0 amide bonds. The summed E-state index contributed by atoms with van der Waals surface area (Å²) >= 11 is 1.58. The summed E-state index contributed by atoms with van der Waals surface area (Å²) in [6, 6.07) is 10.4. The minimum atomic E-state index is 0.732. The number of hydrogen-bond acceptors (Lipinski definition) is 5. The number of benzene rings is 1. The van der Waals surface area contributed by atoms with Gasteiger partial charge in [-0.3, -0.25) is 4.98 Å². The lowest BCUT2D eigenvalue weighted by Gasteiger charge is -2.03. The summed E-state index contributed by atoms with van der Waals surface area (Å²) in [6.07, 6.45) is 4.33. The molecule has 0 aliphatic rings. The Kier molecular flexibility index (Phi) is 3.38. The fourth-order valence-electron chi connectivity index (χ4n) is 2.49. The van der Waals surface area contributed by atoms with Gasteiger partial charge in [0.05, 0.1) is 0 Å². The molecule has 0 aliphatic heterocycles. The van der Waals surface area contributed by atoms with Gasteiger partial charge in [-0.25, -0.2) is 0 Å². The van der Waals surface area contributed by atoms with Crippen molar-refractivity contribution in [3.05, 3.63) is 64.4 Å². The lowest BCUT2D eigenvalue weighted by atomic mass is 10.0. The molecule has 5 nitrogen and oxygen atoms in total. The highest BCUT2D eigenvalue weighted by Gasteiger charge is 2.13. The van der Waals surface area contributed by atoms with E-state index in [0.29, 0.717) is 0 Å². The molecule has 4 aromatic rings.